The number of aliphatic hydroxyl groups is 2. The van der Waals surface area contributed by atoms with Gasteiger partial charge in [0, 0.05) is 13.7 Å². The fourth-order valence-corrected chi connectivity index (χ4v) is 4.37. The van der Waals surface area contributed by atoms with E-state index in [1.54, 1.807) is 7.11 Å². The van der Waals surface area contributed by atoms with Gasteiger partial charge in [-0.3, -0.25) is 0 Å². The average Bonchev–Trinajstić information content (AvgIpc) is 2.54. The monoisotopic (exact) mass is 334 g/mol. The molecular formula is C21H34O3. The van der Waals surface area contributed by atoms with Crippen LogP contribution < -0.4 is 0 Å². The third kappa shape index (κ3) is 4.01. The first kappa shape index (κ1) is 19.4. The van der Waals surface area contributed by atoms with Gasteiger partial charge in [0.05, 0.1) is 0 Å². The van der Waals surface area contributed by atoms with E-state index in [0.29, 0.717) is 11.8 Å². The number of hydrogen-bond acceptors (Lipinski definition) is 3. The molecule has 2 aliphatic carbocycles. The van der Waals surface area contributed by atoms with Gasteiger partial charge in [0.25, 0.3) is 0 Å². The van der Waals surface area contributed by atoms with Crippen molar-refractivity contribution in [3.63, 3.8) is 0 Å². The van der Waals surface area contributed by atoms with Crippen LogP contribution in [0.1, 0.15) is 53.4 Å². The maximum atomic E-state index is 10.5. The number of aliphatic hydroxyl groups excluding tert-OH is 2. The van der Waals surface area contributed by atoms with E-state index in [0.717, 1.165) is 31.3 Å². The topological polar surface area (TPSA) is 49.7 Å². The van der Waals surface area contributed by atoms with Crippen LogP contribution in [0, 0.1) is 17.8 Å². The van der Waals surface area contributed by atoms with Crippen LogP contribution in [0.4, 0.5) is 0 Å². The molecule has 0 aromatic rings. The summed E-state index contributed by atoms with van der Waals surface area (Å²) in [6.45, 7) is 8.67. The summed E-state index contributed by atoms with van der Waals surface area (Å²) in [5, 5.41) is 20.5. The van der Waals surface area contributed by atoms with E-state index < -0.39 is 6.10 Å². The summed E-state index contributed by atoms with van der Waals surface area (Å²) >= 11 is 0. The molecule has 5 atom stereocenters. The predicted octanol–water partition coefficient (Wildman–Crippen LogP) is 4.02. The van der Waals surface area contributed by atoms with Crippen LogP contribution in [0.3, 0.4) is 0 Å². The second kappa shape index (κ2) is 8.46. The van der Waals surface area contributed by atoms with E-state index in [1.807, 2.05) is 6.92 Å². The molecule has 0 saturated heterocycles. The van der Waals surface area contributed by atoms with Gasteiger partial charge in [0.2, 0.25) is 0 Å². The Morgan fingerprint density at radius 2 is 2.08 bits per heavy atom. The Kier molecular flexibility index (Phi) is 6.85. The van der Waals surface area contributed by atoms with Crippen LogP contribution in [0.2, 0.25) is 0 Å². The number of ether oxygens (including phenoxy) is 1. The minimum Gasteiger partial charge on any atom is -0.396 e. The highest BCUT2D eigenvalue weighted by atomic mass is 16.5. The fourth-order valence-electron chi connectivity index (χ4n) is 4.37. The molecule has 2 N–H and O–H groups in total. The SMILES string of the molecule is COC1C2=C(C=C(C)C1O)C(C(CO)CCC=C(C)C)CC[C@H]2C. The zero-order valence-electron chi connectivity index (χ0n) is 15.9. The van der Waals surface area contributed by atoms with Crippen molar-refractivity contribution in [2.75, 3.05) is 13.7 Å². The van der Waals surface area contributed by atoms with Crippen LogP contribution in [0.15, 0.2) is 34.4 Å². The van der Waals surface area contributed by atoms with Gasteiger partial charge in [-0.25, -0.2) is 0 Å². The number of methoxy groups -OCH3 is 1. The highest BCUT2D eigenvalue weighted by molar-refractivity contribution is 5.43. The van der Waals surface area contributed by atoms with Crippen molar-refractivity contribution in [3.05, 3.63) is 34.4 Å². The molecule has 0 fully saturated rings. The van der Waals surface area contributed by atoms with E-state index in [2.05, 4.69) is 32.9 Å². The molecule has 0 aliphatic heterocycles. The Bertz CT molecular complexity index is 525. The smallest absolute Gasteiger partial charge is 0.109 e. The quantitative estimate of drug-likeness (QED) is 0.721. The second-order valence-corrected chi connectivity index (χ2v) is 7.79. The molecule has 0 bridgehead atoms. The minimum atomic E-state index is -0.548. The summed E-state index contributed by atoms with van der Waals surface area (Å²) in [7, 11) is 1.69. The summed E-state index contributed by atoms with van der Waals surface area (Å²) in [4.78, 5) is 0. The molecule has 0 aromatic heterocycles. The van der Waals surface area contributed by atoms with E-state index in [-0.39, 0.29) is 18.6 Å². The molecule has 2 aliphatic rings. The highest BCUT2D eigenvalue weighted by Gasteiger charge is 2.39. The van der Waals surface area contributed by atoms with Gasteiger partial charge in [-0.15, -0.1) is 0 Å². The van der Waals surface area contributed by atoms with Crippen LogP contribution in [-0.2, 0) is 4.74 Å². The molecule has 0 heterocycles. The van der Waals surface area contributed by atoms with Crippen molar-refractivity contribution in [2.24, 2.45) is 17.8 Å². The summed E-state index contributed by atoms with van der Waals surface area (Å²) in [5.41, 5.74) is 4.88. The van der Waals surface area contributed by atoms with Crippen LogP contribution >= 0.6 is 0 Å². The Hall–Kier alpha value is -0.900. The molecule has 3 heteroatoms. The summed E-state index contributed by atoms with van der Waals surface area (Å²) in [6, 6.07) is 0. The molecule has 2 rings (SSSR count). The molecule has 24 heavy (non-hydrogen) atoms. The standard InChI is InChI=1S/C21H34O3/c1-13(2)7-6-8-16(12-22)17-10-9-14(3)19-18(17)11-15(4)20(23)21(19)24-5/h7,11,14,16-17,20-23H,6,8-10,12H2,1-5H3/t14-,16?,17?,20?,21?/m1/s1. The molecule has 0 spiro atoms. The first-order valence-corrected chi connectivity index (χ1v) is 9.27. The van der Waals surface area contributed by atoms with Crippen LogP contribution in [0.25, 0.3) is 0 Å². The Morgan fingerprint density at radius 1 is 1.38 bits per heavy atom. The van der Waals surface area contributed by atoms with Crippen molar-refractivity contribution in [2.45, 2.75) is 65.6 Å². The Balaban J connectivity index is 2.31. The predicted molar refractivity (Wildman–Crippen MR) is 98.7 cm³/mol. The Morgan fingerprint density at radius 3 is 2.67 bits per heavy atom. The molecule has 0 saturated carbocycles. The molecule has 0 aromatic carbocycles. The highest BCUT2D eigenvalue weighted by Crippen LogP contribution is 2.45. The number of hydrogen-bond donors (Lipinski definition) is 2. The maximum Gasteiger partial charge on any atom is 0.109 e. The van der Waals surface area contributed by atoms with Gasteiger partial charge in [0.15, 0.2) is 0 Å². The first-order chi connectivity index (χ1) is 11.4. The van der Waals surface area contributed by atoms with Gasteiger partial charge in [-0.2, -0.15) is 0 Å². The maximum absolute atomic E-state index is 10.5. The molecule has 0 amide bonds. The van der Waals surface area contributed by atoms with Crippen molar-refractivity contribution in [3.8, 4) is 0 Å². The van der Waals surface area contributed by atoms with E-state index in [1.165, 1.54) is 16.7 Å². The van der Waals surface area contributed by atoms with E-state index in [4.69, 9.17) is 4.74 Å². The third-order valence-corrected chi connectivity index (χ3v) is 5.76. The van der Waals surface area contributed by atoms with Crippen molar-refractivity contribution >= 4 is 0 Å². The minimum absolute atomic E-state index is 0.222. The fraction of sp³-hybridized carbons (Fsp3) is 0.714. The van der Waals surface area contributed by atoms with Gasteiger partial charge in [-0.05, 0) is 80.9 Å². The van der Waals surface area contributed by atoms with Crippen LogP contribution in [-0.4, -0.2) is 36.1 Å². The van der Waals surface area contributed by atoms with Crippen LogP contribution in [0.5, 0.6) is 0 Å². The molecule has 0 radical (unpaired) electrons. The zero-order chi connectivity index (χ0) is 17.9. The second-order valence-electron chi connectivity index (χ2n) is 7.79. The van der Waals surface area contributed by atoms with Gasteiger partial charge >= 0.3 is 0 Å². The van der Waals surface area contributed by atoms with E-state index >= 15 is 0 Å². The largest absolute Gasteiger partial charge is 0.396 e. The number of rotatable bonds is 6. The normalized spacial score (nSPS) is 31.4. The summed E-state index contributed by atoms with van der Waals surface area (Å²) in [5.74, 6) is 1.07. The summed E-state index contributed by atoms with van der Waals surface area (Å²) < 4.78 is 5.67. The van der Waals surface area contributed by atoms with Gasteiger partial charge in [0.1, 0.15) is 12.2 Å². The van der Waals surface area contributed by atoms with Crippen molar-refractivity contribution < 1.29 is 14.9 Å². The average molecular weight is 335 g/mol. The van der Waals surface area contributed by atoms with Gasteiger partial charge in [-0.1, -0.05) is 24.6 Å². The first-order valence-electron chi connectivity index (χ1n) is 9.27. The third-order valence-electron chi connectivity index (χ3n) is 5.76. The van der Waals surface area contributed by atoms with Gasteiger partial charge < -0.3 is 14.9 Å². The molecule has 3 nitrogen and oxygen atoms in total. The van der Waals surface area contributed by atoms with Crippen molar-refractivity contribution in [1.29, 1.82) is 0 Å². The molecular weight excluding hydrogens is 300 g/mol. The summed E-state index contributed by atoms with van der Waals surface area (Å²) in [6.07, 6.45) is 7.87. The lowest BCUT2D eigenvalue weighted by Gasteiger charge is -2.42. The molecule has 4 unspecified atom stereocenters. The lowest BCUT2D eigenvalue weighted by atomic mass is 9.66. The van der Waals surface area contributed by atoms with E-state index in [9.17, 15) is 10.2 Å². The zero-order valence-corrected chi connectivity index (χ0v) is 15.9. The Labute approximate surface area is 147 Å². The lowest BCUT2D eigenvalue weighted by molar-refractivity contribution is 0.0173. The molecule has 136 valence electrons. The van der Waals surface area contributed by atoms with Crippen molar-refractivity contribution in [1.82, 2.24) is 0 Å². The number of allylic oxidation sites excluding steroid dienone is 4. The lowest BCUT2D eigenvalue weighted by Crippen LogP contribution is -2.40.